The molecule has 14 heteroatoms. The molecular weight excluding hydrogens is 722 g/mol. The molecule has 4 rings (SSSR count). The van der Waals surface area contributed by atoms with E-state index < -0.39 is 18.0 Å². The van der Waals surface area contributed by atoms with Crippen LogP contribution < -0.4 is 29.1 Å². The highest BCUT2D eigenvalue weighted by atomic mass is 79.9. The third kappa shape index (κ3) is 7.06. The van der Waals surface area contributed by atoms with Crippen molar-refractivity contribution in [3.63, 3.8) is 0 Å². The summed E-state index contributed by atoms with van der Waals surface area (Å²) in [4.78, 5) is 44.0. The first-order valence-corrected chi connectivity index (χ1v) is 15.7. The van der Waals surface area contributed by atoms with Crippen LogP contribution in [0.4, 0.5) is 0 Å². The van der Waals surface area contributed by atoms with Gasteiger partial charge in [-0.15, -0.1) is 0 Å². The molecule has 1 aliphatic heterocycles. The van der Waals surface area contributed by atoms with Crippen molar-refractivity contribution in [2.45, 2.75) is 26.8 Å². The topological polar surface area (TPSA) is 138 Å². The Morgan fingerprint density at radius 2 is 1.82 bits per heavy atom. The van der Waals surface area contributed by atoms with Crippen LogP contribution in [0.15, 0.2) is 60.3 Å². The lowest BCUT2D eigenvalue weighted by Gasteiger charge is -2.25. The van der Waals surface area contributed by atoms with Gasteiger partial charge >= 0.3 is 11.9 Å². The SMILES string of the molecule is CCOC(=O)C1=C(C)N=c2s/c(=C\c3cc(Br)c(OCC#N)c(Br)c3)c(=O)n2[C@H]1c1ccc(OCC(=O)OC)c(OCC)c1. The molecule has 0 saturated heterocycles. The van der Waals surface area contributed by atoms with E-state index in [-0.39, 0.29) is 31.0 Å². The molecule has 0 fully saturated rings. The number of esters is 2. The number of benzene rings is 2. The molecule has 0 aliphatic carbocycles. The summed E-state index contributed by atoms with van der Waals surface area (Å²) in [6.45, 7) is 5.18. The molecule has 0 bridgehead atoms. The highest BCUT2D eigenvalue weighted by Gasteiger charge is 2.34. The highest BCUT2D eigenvalue weighted by molar-refractivity contribution is 9.11. The number of halogens is 2. The zero-order chi connectivity index (χ0) is 32.0. The van der Waals surface area contributed by atoms with Crippen LogP contribution in [0.25, 0.3) is 6.08 Å². The third-order valence-corrected chi connectivity index (χ3v) is 8.43. The van der Waals surface area contributed by atoms with Gasteiger partial charge < -0.3 is 23.7 Å². The van der Waals surface area contributed by atoms with Gasteiger partial charge in [-0.25, -0.2) is 14.6 Å². The Hall–Kier alpha value is -3.93. The number of hydrogen-bond donors (Lipinski definition) is 0. The van der Waals surface area contributed by atoms with E-state index in [1.165, 1.54) is 23.0 Å². The van der Waals surface area contributed by atoms with E-state index >= 15 is 0 Å². The second-order valence-electron chi connectivity index (χ2n) is 9.07. The van der Waals surface area contributed by atoms with E-state index in [4.69, 9.17) is 24.2 Å². The maximum absolute atomic E-state index is 14.0. The second-order valence-corrected chi connectivity index (χ2v) is 11.8. The number of aromatic nitrogens is 1. The summed E-state index contributed by atoms with van der Waals surface area (Å²) in [6.07, 6.45) is 1.71. The highest BCUT2D eigenvalue weighted by Crippen LogP contribution is 2.37. The molecule has 11 nitrogen and oxygen atoms in total. The van der Waals surface area contributed by atoms with Crippen molar-refractivity contribution in [1.82, 2.24) is 4.57 Å². The molecular formula is C30H27Br2N3O8S. The number of carbonyl (C=O) groups excluding carboxylic acids is 2. The van der Waals surface area contributed by atoms with Crippen LogP contribution >= 0.6 is 43.2 Å². The van der Waals surface area contributed by atoms with E-state index in [9.17, 15) is 14.4 Å². The first-order valence-electron chi connectivity index (χ1n) is 13.3. The van der Waals surface area contributed by atoms with Gasteiger partial charge in [0.05, 0.1) is 51.1 Å². The van der Waals surface area contributed by atoms with Gasteiger partial charge in [0.15, 0.2) is 29.5 Å². The molecule has 0 saturated carbocycles. The Labute approximate surface area is 273 Å². The van der Waals surface area contributed by atoms with E-state index in [0.29, 0.717) is 59.0 Å². The summed E-state index contributed by atoms with van der Waals surface area (Å²) in [5.74, 6) is -0.0792. The summed E-state index contributed by atoms with van der Waals surface area (Å²) in [7, 11) is 1.26. The molecule has 2 aromatic carbocycles. The van der Waals surface area contributed by atoms with Crippen LogP contribution in [0, 0.1) is 11.3 Å². The van der Waals surface area contributed by atoms with Crippen LogP contribution in [0.5, 0.6) is 17.2 Å². The van der Waals surface area contributed by atoms with Crippen LogP contribution in [-0.4, -0.2) is 50.0 Å². The van der Waals surface area contributed by atoms with Gasteiger partial charge in [0, 0.05) is 0 Å². The van der Waals surface area contributed by atoms with Crippen molar-refractivity contribution in [3.8, 4) is 23.3 Å². The number of hydrogen-bond acceptors (Lipinski definition) is 11. The lowest BCUT2D eigenvalue weighted by atomic mass is 9.95. The fourth-order valence-corrected chi connectivity index (χ4v) is 6.94. The van der Waals surface area contributed by atoms with Crippen molar-refractivity contribution in [3.05, 3.63) is 81.4 Å². The Balaban J connectivity index is 1.88. The lowest BCUT2D eigenvalue weighted by molar-refractivity contribution is -0.143. The first kappa shape index (κ1) is 33.0. The maximum atomic E-state index is 14.0. The van der Waals surface area contributed by atoms with Gasteiger partial charge in [-0.1, -0.05) is 17.4 Å². The number of thiazole rings is 1. The predicted molar refractivity (Wildman–Crippen MR) is 168 cm³/mol. The van der Waals surface area contributed by atoms with E-state index in [0.717, 1.165) is 0 Å². The molecule has 0 radical (unpaired) electrons. The van der Waals surface area contributed by atoms with Gasteiger partial charge in [0.2, 0.25) is 0 Å². The predicted octanol–water partition coefficient (Wildman–Crippen LogP) is 4.18. The normalized spacial score (nSPS) is 14.3. The zero-order valence-electron chi connectivity index (χ0n) is 24.1. The molecule has 0 unspecified atom stereocenters. The smallest absolute Gasteiger partial charge is 0.343 e. The average Bonchev–Trinajstić information content (AvgIpc) is 3.29. The molecule has 44 heavy (non-hydrogen) atoms. The largest absolute Gasteiger partial charge is 0.490 e. The minimum absolute atomic E-state index is 0.124. The number of methoxy groups -OCH3 is 1. The van der Waals surface area contributed by atoms with Crippen LogP contribution in [0.3, 0.4) is 0 Å². The van der Waals surface area contributed by atoms with Gasteiger partial charge in [-0.2, -0.15) is 5.26 Å². The summed E-state index contributed by atoms with van der Waals surface area (Å²) in [6, 6.07) is 9.56. The maximum Gasteiger partial charge on any atom is 0.343 e. The molecule has 0 N–H and O–H groups in total. The molecule has 1 aromatic heterocycles. The molecule has 1 aliphatic rings. The summed E-state index contributed by atoms with van der Waals surface area (Å²) in [5.41, 5.74) is 1.49. The van der Waals surface area contributed by atoms with Gasteiger partial charge in [-0.3, -0.25) is 9.36 Å². The van der Waals surface area contributed by atoms with Crippen LogP contribution in [-0.2, 0) is 19.1 Å². The molecule has 0 spiro atoms. The number of allylic oxidation sites excluding steroid dienone is 1. The number of nitrogens with zero attached hydrogens (tertiary/aromatic N) is 3. The van der Waals surface area contributed by atoms with Gasteiger partial charge in [-0.05, 0) is 94.1 Å². The third-order valence-electron chi connectivity index (χ3n) is 6.27. The lowest BCUT2D eigenvalue weighted by Crippen LogP contribution is -2.40. The number of rotatable bonds is 11. The minimum atomic E-state index is -0.887. The summed E-state index contributed by atoms with van der Waals surface area (Å²) >= 11 is 8.10. The van der Waals surface area contributed by atoms with Crippen molar-refractivity contribution >= 4 is 61.2 Å². The quantitative estimate of drug-likeness (QED) is 0.265. The van der Waals surface area contributed by atoms with Crippen molar-refractivity contribution in [2.75, 3.05) is 33.5 Å². The number of ether oxygens (including phenoxy) is 5. The minimum Gasteiger partial charge on any atom is -0.490 e. The zero-order valence-corrected chi connectivity index (χ0v) is 28.1. The average molecular weight is 749 g/mol. The fraction of sp³-hybridized carbons (Fsp3) is 0.300. The Morgan fingerprint density at radius 1 is 1.09 bits per heavy atom. The fourth-order valence-electron chi connectivity index (χ4n) is 4.44. The van der Waals surface area contributed by atoms with Crippen LogP contribution in [0.2, 0.25) is 0 Å². The monoisotopic (exact) mass is 747 g/mol. The molecule has 3 aromatic rings. The van der Waals surface area contributed by atoms with Crippen molar-refractivity contribution < 1.29 is 33.3 Å². The van der Waals surface area contributed by atoms with Crippen molar-refractivity contribution in [2.24, 2.45) is 4.99 Å². The Bertz CT molecular complexity index is 1840. The van der Waals surface area contributed by atoms with E-state index in [1.807, 2.05) is 6.07 Å². The van der Waals surface area contributed by atoms with E-state index in [2.05, 4.69) is 41.6 Å². The molecule has 1 atom stereocenters. The van der Waals surface area contributed by atoms with Gasteiger partial charge in [0.1, 0.15) is 11.8 Å². The Kier molecular flexibility index (Phi) is 11.0. The molecule has 2 heterocycles. The summed E-state index contributed by atoms with van der Waals surface area (Å²) in [5, 5.41) is 8.86. The number of nitriles is 1. The standard InChI is InChI=1S/C30H27Br2N3O8S/c1-5-40-22-14-18(7-8-21(22)43-15-24(36)39-4)26-25(29(38)41-6-2)16(3)34-30-35(26)28(37)23(44-30)13-17-11-19(31)27(20(32)12-17)42-10-9-33/h7-8,11-14,26H,5-6,10,15H2,1-4H3/b23-13-/t26-/m0/s1. The first-order chi connectivity index (χ1) is 21.1. The molecule has 230 valence electrons. The second kappa shape index (κ2) is 14.7. The van der Waals surface area contributed by atoms with Gasteiger partial charge in [0.25, 0.3) is 5.56 Å². The Morgan fingerprint density at radius 3 is 2.45 bits per heavy atom. The van der Waals surface area contributed by atoms with Crippen molar-refractivity contribution in [1.29, 1.82) is 5.26 Å². The summed E-state index contributed by atoms with van der Waals surface area (Å²) < 4.78 is 29.9. The molecule has 0 amide bonds. The van der Waals surface area contributed by atoms with Crippen LogP contribution in [0.1, 0.15) is 37.9 Å². The van der Waals surface area contributed by atoms with E-state index in [1.54, 1.807) is 57.2 Å². The number of fused-ring (bicyclic) bond motifs is 1. The number of carbonyl (C=O) groups is 2.